The Bertz CT molecular complexity index is 199. The normalized spacial score (nSPS) is 8.80. The summed E-state index contributed by atoms with van der Waals surface area (Å²) in [7, 11) is 0. The molecule has 0 spiro atoms. The first-order valence-electron chi connectivity index (χ1n) is 2.86. The molecule has 4 nitrogen and oxygen atoms in total. The van der Waals surface area contributed by atoms with Crippen LogP contribution >= 0.6 is 0 Å². The van der Waals surface area contributed by atoms with E-state index in [0.29, 0.717) is 6.54 Å². The third kappa shape index (κ3) is 1.81. The molecule has 0 amide bonds. The second kappa shape index (κ2) is 3.55. The maximum Gasteiger partial charge on any atom is 0.139 e. The zero-order chi connectivity index (χ0) is 7.23. The minimum Gasteiger partial charge on any atom is -0.376 e. The van der Waals surface area contributed by atoms with E-state index in [4.69, 9.17) is 0 Å². The Labute approximate surface area is 58.3 Å². The van der Waals surface area contributed by atoms with Gasteiger partial charge in [-0.05, 0) is 0 Å². The second-order valence-corrected chi connectivity index (χ2v) is 1.67. The number of rotatable bonds is 3. The first-order chi connectivity index (χ1) is 4.93. The van der Waals surface area contributed by atoms with Gasteiger partial charge in [0.05, 0.1) is 24.6 Å². The van der Waals surface area contributed by atoms with Crippen LogP contribution in [0.3, 0.4) is 0 Å². The molecule has 1 N–H and O–H groups in total. The summed E-state index contributed by atoms with van der Waals surface area (Å²) in [4.78, 5) is 17.4. The van der Waals surface area contributed by atoms with E-state index in [1.807, 2.05) is 0 Å². The van der Waals surface area contributed by atoms with E-state index in [9.17, 15) is 4.79 Å². The molecule has 0 aliphatic carbocycles. The Morgan fingerprint density at radius 3 is 2.80 bits per heavy atom. The molecule has 4 heteroatoms. The summed E-state index contributed by atoms with van der Waals surface area (Å²) in [5, 5.41) is 2.80. The molecule has 1 heterocycles. The van der Waals surface area contributed by atoms with Crippen molar-refractivity contribution in [3.63, 3.8) is 0 Å². The maximum atomic E-state index is 9.87. The topological polar surface area (TPSA) is 54.9 Å². The van der Waals surface area contributed by atoms with Gasteiger partial charge in [0, 0.05) is 0 Å². The number of aromatic nitrogens is 2. The molecule has 0 aliphatic rings. The molecule has 10 heavy (non-hydrogen) atoms. The van der Waals surface area contributed by atoms with Crippen LogP contribution in [0.15, 0.2) is 18.7 Å². The van der Waals surface area contributed by atoms with E-state index in [1.165, 1.54) is 6.33 Å². The quantitative estimate of drug-likeness (QED) is 0.600. The molecule has 0 aromatic carbocycles. The van der Waals surface area contributed by atoms with Crippen molar-refractivity contribution in [2.24, 2.45) is 0 Å². The van der Waals surface area contributed by atoms with Gasteiger partial charge in [-0.1, -0.05) is 0 Å². The van der Waals surface area contributed by atoms with E-state index in [2.05, 4.69) is 15.3 Å². The molecular weight excluding hydrogens is 130 g/mol. The summed E-state index contributed by atoms with van der Waals surface area (Å²) in [5.41, 5.74) is 0.759. The summed E-state index contributed by atoms with van der Waals surface area (Å²) < 4.78 is 0. The Kier molecular flexibility index (Phi) is 2.37. The average Bonchev–Trinajstić information content (AvgIpc) is 2.03. The highest BCUT2D eigenvalue weighted by molar-refractivity contribution is 5.58. The van der Waals surface area contributed by atoms with Crippen LogP contribution in [0, 0.1) is 0 Å². The molecular formula is C6H7N3O. The lowest BCUT2D eigenvalue weighted by Gasteiger charge is -1.97. The summed E-state index contributed by atoms with van der Waals surface area (Å²) >= 11 is 0. The Hall–Kier alpha value is -1.45. The number of nitrogens with one attached hydrogen (secondary N) is 1. The largest absolute Gasteiger partial charge is 0.376 e. The van der Waals surface area contributed by atoms with Crippen molar-refractivity contribution < 1.29 is 4.79 Å². The summed E-state index contributed by atoms with van der Waals surface area (Å²) in [6.07, 6.45) is 5.44. The van der Waals surface area contributed by atoms with Gasteiger partial charge in [-0.15, -0.1) is 0 Å². The van der Waals surface area contributed by atoms with E-state index in [0.717, 1.165) is 12.0 Å². The fraction of sp³-hybridized carbons (Fsp3) is 0.167. The van der Waals surface area contributed by atoms with Crippen molar-refractivity contribution in [2.75, 3.05) is 11.9 Å². The minimum absolute atomic E-state index is 0.299. The van der Waals surface area contributed by atoms with Gasteiger partial charge in [0.1, 0.15) is 12.6 Å². The summed E-state index contributed by atoms with van der Waals surface area (Å²) in [6, 6.07) is 0. The highest BCUT2D eigenvalue weighted by Crippen LogP contribution is 1.97. The highest BCUT2D eigenvalue weighted by Gasteiger charge is 1.86. The fourth-order valence-corrected chi connectivity index (χ4v) is 0.550. The van der Waals surface area contributed by atoms with Gasteiger partial charge in [0.25, 0.3) is 0 Å². The number of anilines is 1. The fourth-order valence-electron chi connectivity index (χ4n) is 0.550. The zero-order valence-corrected chi connectivity index (χ0v) is 5.32. The van der Waals surface area contributed by atoms with Crippen molar-refractivity contribution >= 4 is 12.0 Å². The average molecular weight is 137 g/mol. The van der Waals surface area contributed by atoms with Gasteiger partial charge in [-0.2, -0.15) is 0 Å². The van der Waals surface area contributed by atoms with E-state index >= 15 is 0 Å². The number of aldehydes is 1. The van der Waals surface area contributed by atoms with Crippen molar-refractivity contribution in [1.29, 1.82) is 0 Å². The molecule has 0 saturated heterocycles. The van der Waals surface area contributed by atoms with Crippen LogP contribution in [0.5, 0.6) is 0 Å². The molecule has 0 radical (unpaired) electrons. The lowest BCUT2D eigenvalue weighted by Crippen LogP contribution is -2.02. The zero-order valence-electron chi connectivity index (χ0n) is 5.32. The van der Waals surface area contributed by atoms with Crippen LogP contribution in [0.4, 0.5) is 5.69 Å². The molecule has 1 aromatic rings. The Morgan fingerprint density at radius 2 is 2.20 bits per heavy atom. The molecule has 1 rings (SSSR count). The Morgan fingerprint density at radius 1 is 1.50 bits per heavy atom. The predicted molar refractivity (Wildman–Crippen MR) is 36.6 cm³/mol. The Balaban J connectivity index is 2.50. The van der Waals surface area contributed by atoms with Crippen molar-refractivity contribution in [3.8, 4) is 0 Å². The number of carbonyl (C=O) groups excluding carboxylic acids is 1. The van der Waals surface area contributed by atoms with Gasteiger partial charge in [-0.3, -0.25) is 0 Å². The van der Waals surface area contributed by atoms with Crippen LogP contribution < -0.4 is 5.32 Å². The van der Waals surface area contributed by atoms with Gasteiger partial charge >= 0.3 is 0 Å². The summed E-state index contributed by atoms with van der Waals surface area (Å²) in [6.45, 7) is 0.299. The lowest BCUT2D eigenvalue weighted by molar-refractivity contribution is -0.106. The predicted octanol–water partition coefficient (Wildman–Crippen LogP) is 0.0874. The van der Waals surface area contributed by atoms with Crippen molar-refractivity contribution in [2.45, 2.75) is 0 Å². The maximum absolute atomic E-state index is 9.87. The molecule has 52 valence electrons. The third-order valence-electron chi connectivity index (χ3n) is 0.950. The van der Waals surface area contributed by atoms with E-state index in [-0.39, 0.29) is 0 Å². The SMILES string of the molecule is O=CCNc1cncnc1. The summed E-state index contributed by atoms with van der Waals surface area (Å²) in [5.74, 6) is 0. The van der Waals surface area contributed by atoms with Gasteiger partial charge in [-0.25, -0.2) is 9.97 Å². The molecule has 0 fully saturated rings. The number of hydrogen-bond donors (Lipinski definition) is 1. The lowest BCUT2D eigenvalue weighted by atomic mass is 10.5. The van der Waals surface area contributed by atoms with Crippen LogP contribution in [0.2, 0.25) is 0 Å². The van der Waals surface area contributed by atoms with Gasteiger partial charge in [0.15, 0.2) is 0 Å². The van der Waals surface area contributed by atoms with Gasteiger partial charge in [0.2, 0.25) is 0 Å². The first-order valence-corrected chi connectivity index (χ1v) is 2.86. The molecule has 1 aromatic heterocycles. The minimum atomic E-state index is 0.299. The third-order valence-corrected chi connectivity index (χ3v) is 0.950. The second-order valence-electron chi connectivity index (χ2n) is 1.67. The van der Waals surface area contributed by atoms with Gasteiger partial charge < -0.3 is 10.1 Å². The van der Waals surface area contributed by atoms with Crippen LogP contribution in [-0.2, 0) is 4.79 Å². The van der Waals surface area contributed by atoms with Crippen molar-refractivity contribution in [1.82, 2.24) is 9.97 Å². The van der Waals surface area contributed by atoms with E-state index < -0.39 is 0 Å². The van der Waals surface area contributed by atoms with Crippen molar-refractivity contribution in [3.05, 3.63) is 18.7 Å². The number of carbonyl (C=O) groups is 1. The molecule has 0 saturated carbocycles. The van der Waals surface area contributed by atoms with Crippen LogP contribution in [0.1, 0.15) is 0 Å². The number of hydrogen-bond acceptors (Lipinski definition) is 4. The van der Waals surface area contributed by atoms with Crippen LogP contribution in [-0.4, -0.2) is 22.8 Å². The molecule has 0 aliphatic heterocycles. The monoisotopic (exact) mass is 137 g/mol. The smallest absolute Gasteiger partial charge is 0.139 e. The number of nitrogens with zero attached hydrogens (tertiary/aromatic N) is 2. The van der Waals surface area contributed by atoms with Crippen LogP contribution in [0.25, 0.3) is 0 Å². The highest BCUT2D eigenvalue weighted by atomic mass is 16.1. The molecule has 0 atom stereocenters. The standard InChI is InChI=1S/C6H7N3O/c10-2-1-9-6-3-7-5-8-4-6/h2-5,9H,1H2. The van der Waals surface area contributed by atoms with E-state index in [1.54, 1.807) is 12.4 Å². The molecule has 0 bridgehead atoms. The first kappa shape index (κ1) is 6.67. The molecule has 0 unspecified atom stereocenters.